The quantitative estimate of drug-likeness (QED) is 0.657. The van der Waals surface area contributed by atoms with E-state index in [1.54, 1.807) is 13.8 Å². The summed E-state index contributed by atoms with van der Waals surface area (Å²) in [6.45, 7) is 3.65. The largest absolute Gasteiger partial charge is 0.422 e. The Labute approximate surface area is 70.6 Å². The Hall–Kier alpha value is -0.940. The van der Waals surface area contributed by atoms with Gasteiger partial charge in [0.05, 0.1) is 0 Å². The molecule has 0 atom stereocenters. The summed E-state index contributed by atoms with van der Waals surface area (Å²) in [5, 5.41) is 16.8. The van der Waals surface area contributed by atoms with E-state index in [4.69, 9.17) is 10.2 Å². The lowest BCUT2D eigenvalue weighted by Gasteiger charge is -2.09. The third kappa shape index (κ3) is 2.02. The molecule has 0 spiro atoms. The van der Waals surface area contributed by atoms with Crippen LogP contribution in [0.1, 0.15) is 25.6 Å². The normalized spacial score (nSPS) is 12.0. The first-order valence-corrected chi connectivity index (χ1v) is 3.79. The Bertz CT molecular complexity index is 251. The van der Waals surface area contributed by atoms with E-state index in [0.717, 1.165) is 0 Å². The Balaban J connectivity index is 2.77. The molecular weight excluding hydrogens is 158 g/mol. The van der Waals surface area contributed by atoms with Crippen LogP contribution in [0.3, 0.4) is 0 Å². The molecule has 1 aromatic heterocycles. The van der Waals surface area contributed by atoms with Crippen LogP contribution >= 0.6 is 0 Å². The monoisotopic (exact) mass is 171 g/mol. The third-order valence-corrected chi connectivity index (χ3v) is 1.35. The predicted octanol–water partition coefficient (Wildman–Crippen LogP) is -0.202. The van der Waals surface area contributed by atoms with E-state index in [9.17, 15) is 5.11 Å². The van der Waals surface area contributed by atoms with Gasteiger partial charge in [-0.05, 0) is 13.8 Å². The summed E-state index contributed by atoms with van der Waals surface area (Å²) in [7, 11) is 0. The van der Waals surface area contributed by atoms with Gasteiger partial charge in [-0.15, -0.1) is 10.2 Å². The smallest absolute Gasteiger partial charge is 0.247 e. The van der Waals surface area contributed by atoms with Crippen molar-refractivity contribution in [2.75, 3.05) is 6.54 Å². The lowest BCUT2D eigenvalue weighted by atomic mass is 10.1. The van der Waals surface area contributed by atoms with Crippen LogP contribution in [0.4, 0.5) is 0 Å². The number of hydrogen-bond donors (Lipinski definition) is 2. The number of rotatable bonds is 3. The third-order valence-electron chi connectivity index (χ3n) is 1.35. The Morgan fingerprint density at radius 3 is 2.58 bits per heavy atom. The van der Waals surface area contributed by atoms with Gasteiger partial charge in [-0.1, -0.05) is 0 Å². The summed E-state index contributed by atoms with van der Waals surface area (Å²) < 4.78 is 5.14. The lowest BCUT2D eigenvalue weighted by Crippen LogP contribution is -2.15. The van der Waals surface area contributed by atoms with Crippen molar-refractivity contribution in [2.45, 2.75) is 25.9 Å². The van der Waals surface area contributed by atoms with Crippen LogP contribution in [0, 0.1) is 0 Å². The highest BCUT2D eigenvalue weighted by Crippen LogP contribution is 2.17. The van der Waals surface area contributed by atoms with Gasteiger partial charge in [-0.2, -0.15) is 0 Å². The van der Waals surface area contributed by atoms with Gasteiger partial charge in [0.2, 0.25) is 11.8 Å². The molecule has 1 aromatic rings. The second-order valence-electron chi connectivity index (χ2n) is 3.10. The molecule has 1 rings (SSSR count). The van der Waals surface area contributed by atoms with Crippen LogP contribution in [0.5, 0.6) is 0 Å². The zero-order chi connectivity index (χ0) is 9.19. The summed E-state index contributed by atoms with van der Waals surface area (Å²) in [5.41, 5.74) is 4.22. The number of aromatic nitrogens is 2. The first kappa shape index (κ1) is 9.15. The molecule has 0 aliphatic rings. The Morgan fingerprint density at radius 2 is 2.17 bits per heavy atom. The fourth-order valence-corrected chi connectivity index (χ4v) is 0.725. The number of aliphatic hydroxyl groups is 1. The van der Waals surface area contributed by atoms with Crippen molar-refractivity contribution in [3.63, 3.8) is 0 Å². The molecule has 5 heteroatoms. The maximum atomic E-state index is 9.44. The van der Waals surface area contributed by atoms with Crippen molar-refractivity contribution in [2.24, 2.45) is 5.73 Å². The topological polar surface area (TPSA) is 85.2 Å². The van der Waals surface area contributed by atoms with E-state index < -0.39 is 5.60 Å². The van der Waals surface area contributed by atoms with Crippen molar-refractivity contribution >= 4 is 0 Å². The maximum Gasteiger partial charge on any atom is 0.247 e. The molecule has 3 N–H and O–H groups in total. The minimum atomic E-state index is -1.07. The molecule has 0 bridgehead atoms. The van der Waals surface area contributed by atoms with Crippen molar-refractivity contribution < 1.29 is 9.52 Å². The van der Waals surface area contributed by atoms with Crippen molar-refractivity contribution in [3.05, 3.63) is 11.8 Å². The van der Waals surface area contributed by atoms with E-state index in [2.05, 4.69) is 10.2 Å². The van der Waals surface area contributed by atoms with Gasteiger partial charge in [0.25, 0.3) is 0 Å². The lowest BCUT2D eigenvalue weighted by molar-refractivity contribution is 0.0471. The van der Waals surface area contributed by atoms with Gasteiger partial charge < -0.3 is 15.3 Å². The average Bonchev–Trinajstić information content (AvgIpc) is 2.35. The molecule has 5 nitrogen and oxygen atoms in total. The number of nitrogens with two attached hydrogens (primary N) is 1. The van der Waals surface area contributed by atoms with Crippen molar-refractivity contribution in [1.29, 1.82) is 0 Å². The SMILES string of the molecule is CC(C)(O)c1nnc(CCN)o1. The van der Waals surface area contributed by atoms with E-state index >= 15 is 0 Å². The molecule has 0 unspecified atom stereocenters. The highest BCUT2D eigenvalue weighted by molar-refractivity contribution is 4.91. The zero-order valence-electron chi connectivity index (χ0n) is 7.24. The van der Waals surface area contributed by atoms with Crippen LogP contribution < -0.4 is 5.73 Å². The second-order valence-corrected chi connectivity index (χ2v) is 3.10. The molecule has 12 heavy (non-hydrogen) atoms. The molecular formula is C7H13N3O2. The second kappa shape index (κ2) is 3.20. The fourth-order valence-electron chi connectivity index (χ4n) is 0.725. The molecule has 0 aromatic carbocycles. The van der Waals surface area contributed by atoms with Gasteiger partial charge in [-0.3, -0.25) is 0 Å². The standard InChI is InChI=1S/C7H13N3O2/c1-7(2,11)6-10-9-5(12-6)3-4-8/h11H,3-4,8H2,1-2H3. The summed E-state index contributed by atoms with van der Waals surface area (Å²) in [5.74, 6) is 0.695. The van der Waals surface area contributed by atoms with E-state index in [1.807, 2.05) is 0 Å². The van der Waals surface area contributed by atoms with Crippen LogP contribution in [0.15, 0.2) is 4.42 Å². The molecule has 0 radical (unpaired) electrons. The number of nitrogens with zero attached hydrogens (tertiary/aromatic N) is 2. The molecule has 68 valence electrons. The Morgan fingerprint density at radius 1 is 1.50 bits per heavy atom. The van der Waals surface area contributed by atoms with Crippen LogP contribution in [0.2, 0.25) is 0 Å². The molecule has 0 amide bonds. The zero-order valence-corrected chi connectivity index (χ0v) is 7.24. The average molecular weight is 171 g/mol. The number of hydrogen-bond acceptors (Lipinski definition) is 5. The van der Waals surface area contributed by atoms with E-state index in [1.165, 1.54) is 0 Å². The van der Waals surface area contributed by atoms with Gasteiger partial charge in [0.1, 0.15) is 5.60 Å². The molecule has 0 saturated heterocycles. The van der Waals surface area contributed by atoms with Crippen LogP contribution in [-0.4, -0.2) is 21.8 Å². The van der Waals surface area contributed by atoms with Crippen LogP contribution in [0.25, 0.3) is 0 Å². The fraction of sp³-hybridized carbons (Fsp3) is 0.714. The highest BCUT2D eigenvalue weighted by Gasteiger charge is 2.23. The molecule has 1 heterocycles. The molecule has 0 fully saturated rings. The Kier molecular flexibility index (Phi) is 2.44. The summed E-state index contributed by atoms with van der Waals surface area (Å²) in [6.07, 6.45) is 0.545. The summed E-state index contributed by atoms with van der Waals surface area (Å²) >= 11 is 0. The first-order valence-electron chi connectivity index (χ1n) is 3.79. The van der Waals surface area contributed by atoms with E-state index in [0.29, 0.717) is 18.9 Å². The van der Waals surface area contributed by atoms with Gasteiger partial charge in [0, 0.05) is 13.0 Å². The molecule has 0 saturated carbocycles. The predicted molar refractivity (Wildman–Crippen MR) is 42.3 cm³/mol. The van der Waals surface area contributed by atoms with Gasteiger partial charge in [-0.25, -0.2) is 0 Å². The molecule has 0 aliphatic heterocycles. The van der Waals surface area contributed by atoms with Crippen LogP contribution in [-0.2, 0) is 12.0 Å². The minimum Gasteiger partial charge on any atom is -0.422 e. The van der Waals surface area contributed by atoms with Crippen molar-refractivity contribution in [1.82, 2.24) is 10.2 Å². The summed E-state index contributed by atoms with van der Waals surface area (Å²) in [6, 6.07) is 0. The minimum absolute atomic E-state index is 0.228. The van der Waals surface area contributed by atoms with Gasteiger partial charge in [0.15, 0.2) is 0 Å². The van der Waals surface area contributed by atoms with E-state index in [-0.39, 0.29) is 5.89 Å². The first-order chi connectivity index (χ1) is 5.54. The van der Waals surface area contributed by atoms with Gasteiger partial charge >= 0.3 is 0 Å². The highest BCUT2D eigenvalue weighted by atomic mass is 16.4. The van der Waals surface area contributed by atoms with Crippen molar-refractivity contribution in [3.8, 4) is 0 Å². The summed E-state index contributed by atoms with van der Waals surface area (Å²) in [4.78, 5) is 0. The molecule has 0 aliphatic carbocycles. The maximum absolute atomic E-state index is 9.44.